The van der Waals surface area contributed by atoms with Gasteiger partial charge >= 0.3 is 5.97 Å². The molecule has 5 heteroatoms. The number of halogens is 1. The number of benzene rings is 2. The number of carboxylic acid groups (broad SMARTS) is 1. The van der Waals surface area contributed by atoms with Gasteiger partial charge in [0.15, 0.2) is 0 Å². The van der Waals surface area contributed by atoms with E-state index < -0.39 is 17.9 Å². The summed E-state index contributed by atoms with van der Waals surface area (Å²) in [6, 6.07) is 15.8. The maximum absolute atomic E-state index is 12.2. The summed E-state index contributed by atoms with van der Waals surface area (Å²) in [7, 11) is 0. The molecule has 0 aliphatic heterocycles. The Morgan fingerprint density at radius 2 is 1.61 bits per heavy atom. The molecule has 2 rings (SSSR count). The quantitative estimate of drug-likeness (QED) is 0.808. The largest absolute Gasteiger partial charge is 0.480 e. The number of carboxylic acids is 1. The third kappa shape index (κ3) is 4.79. The number of amides is 1. The molecule has 2 N–H and O–H groups in total. The zero-order valence-corrected chi connectivity index (χ0v) is 13.9. The number of nitrogens with one attached hydrogen (secondary N) is 1. The molecule has 0 unspecified atom stereocenters. The minimum Gasteiger partial charge on any atom is -0.480 e. The van der Waals surface area contributed by atoms with E-state index >= 15 is 0 Å². The summed E-state index contributed by atoms with van der Waals surface area (Å²) < 4.78 is 0.518. The van der Waals surface area contributed by atoms with Crippen LogP contribution in [-0.4, -0.2) is 23.0 Å². The lowest BCUT2D eigenvalue weighted by Crippen LogP contribution is -2.40. The zero-order chi connectivity index (χ0) is 16.8. The van der Waals surface area contributed by atoms with Crippen LogP contribution in [0.1, 0.15) is 16.8 Å². The lowest BCUT2D eigenvalue weighted by atomic mass is 10.0. The summed E-state index contributed by atoms with van der Waals surface area (Å²) in [5, 5.41) is 11.6. The Morgan fingerprint density at radius 1 is 1.04 bits per heavy atom. The van der Waals surface area contributed by atoms with Gasteiger partial charge < -0.3 is 10.4 Å². The van der Waals surface area contributed by atoms with Gasteiger partial charge in [-0.15, -0.1) is 0 Å². The summed E-state index contributed by atoms with van der Waals surface area (Å²) >= 11 is 3.12. The minimum absolute atomic E-state index is 0.128. The normalized spacial score (nSPS) is 11.5. The van der Waals surface area contributed by atoms with E-state index in [2.05, 4.69) is 27.8 Å². The molecular weight excluding hydrogens is 358 g/mol. The van der Waals surface area contributed by atoms with Gasteiger partial charge in [-0.1, -0.05) is 65.0 Å². The van der Waals surface area contributed by atoms with Gasteiger partial charge in [-0.2, -0.15) is 0 Å². The van der Waals surface area contributed by atoms with Crippen LogP contribution in [0.15, 0.2) is 65.7 Å². The molecular formula is C18H16BrNO3. The maximum atomic E-state index is 12.2. The van der Waals surface area contributed by atoms with Gasteiger partial charge in [-0.3, -0.25) is 4.79 Å². The monoisotopic (exact) mass is 373 g/mol. The molecule has 0 saturated carbocycles. The first-order chi connectivity index (χ1) is 11.0. The van der Waals surface area contributed by atoms with Gasteiger partial charge in [0.2, 0.25) is 0 Å². The molecule has 0 aliphatic carbocycles. The van der Waals surface area contributed by atoms with Gasteiger partial charge in [0.25, 0.3) is 5.91 Å². The molecule has 0 bridgehead atoms. The summed E-state index contributed by atoms with van der Waals surface area (Å²) in [6.45, 7) is 3.60. The van der Waals surface area contributed by atoms with Crippen LogP contribution in [0.25, 0.3) is 11.1 Å². The molecule has 0 fully saturated rings. The van der Waals surface area contributed by atoms with Crippen LogP contribution in [0.4, 0.5) is 0 Å². The van der Waals surface area contributed by atoms with Gasteiger partial charge in [0, 0.05) is 12.0 Å². The molecule has 23 heavy (non-hydrogen) atoms. The second-order valence-corrected chi connectivity index (χ2v) is 6.15. The first-order valence-corrected chi connectivity index (χ1v) is 7.79. The van der Waals surface area contributed by atoms with Crippen molar-refractivity contribution < 1.29 is 14.7 Å². The van der Waals surface area contributed by atoms with E-state index in [0.717, 1.165) is 11.1 Å². The number of hydrogen-bond donors (Lipinski definition) is 2. The fourth-order valence-corrected chi connectivity index (χ4v) is 2.43. The van der Waals surface area contributed by atoms with Crippen molar-refractivity contribution in [2.24, 2.45) is 0 Å². The molecule has 4 nitrogen and oxygen atoms in total. The average Bonchev–Trinajstić information content (AvgIpc) is 2.54. The highest BCUT2D eigenvalue weighted by Gasteiger charge is 2.21. The van der Waals surface area contributed by atoms with Crippen LogP contribution in [0.3, 0.4) is 0 Å². The standard InChI is InChI=1S/C18H16BrNO3/c1-12(19)11-16(18(22)23)20-17(21)15-9-7-14(8-10-15)13-5-3-2-4-6-13/h2-10,16H,1,11H2,(H,20,21)(H,22,23)/t16-/m0/s1. The third-order valence-corrected chi connectivity index (χ3v) is 3.61. The second-order valence-electron chi connectivity index (χ2n) is 5.03. The van der Waals surface area contributed by atoms with E-state index in [0.29, 0.717) is 10.0 Å². The van der Waals surface area contributed by atoms with Crippen LogP contribution in [0.5, 0.6) is 0 Å². The molecule has 1 amide bonds. The zero-order valence-electron chi connectivity index (χ0n) is 12.3. The fraction of sp³-hybridized carbons (Fsp3) is 0.111. The predicted octanol–water partition coefficient (Wildman–Crippen LogP) is 3.84. The predicted molar refractivity (Wildman–Crippen MR) is 93.5 cm³/mol. The molecule has 0 aliphatic rings. The molecule has 2 aromatic rings. The van der Waals surface area contributed by atoms with E-state index in [1.165, 1.54) is 0 Å². The maximum Gasteiger partial charge on any atom is 0.326 e. The SMILES string of the molecule is C=C(Br)C[C@H](NC(=O)c1ccc(-c2ccccc2)cc1)C(=O)O. The van der Waals surface area contributed by atoms with Crippen molar-refractivity contribution in [3.63, 3.8) is 0 Å². The second kappa shape index (κ2) is 7.74. The third-order valence-electron chi connectivity index (χ3n) is 3.28. The van der Waals surface area contributed by atoms with Crippen molar-refractivity contribution in [3.8, 4) is 11.1 Å². The summed E-state index contributed by atoms with van der Waals surface area (Å²) in [5.41, 5.74) is 2.46. The Hall–Kier alpha value is -2.40. The van der Waals surface area contributed by atoms with E-state index in [4.69, 9.17) is 5.11 Å². The molecule has 0 radical (unpaired) electrons. The topological polar surface area (TPSA) is 66.4 Å². The van der Waals surface area contributed by atoms with Crippen LogP contribution < -0.4 is 5.32 Å². The van der Waals surface area contributed by atoms with Gasteiger partial charge in [0.05, 0.1) is 0 Å². The van der Waals surface area contributed by atoms with Crippen LogP contribution in [-0.2, 0) is 4.79 Å². The summed E-state index contributed by atoms with van der Waals surface area (Å²) in [6.07, 6.45) is 0.128. The van der Waals surface area contributed by atoms with E-state index in [9.17, 15) is 9.59 Å². The average molecular weight is 374 g/mol. The number of rotatable bonds is 6. The lowest BCUT2D eigenvalue weighted by molar-refractivity contribution is -0.139. The number of aliphatic carboxylic acids is 1. The molecule has 0 saturated heterocycles. The van der Waals surface area contributed by atoms with E-state index in [-0.39, 0.29) is 6.42 Å². The number of hydrogen-bond acceptors (Lipinski definition) is 2. The van der Waals surface area contributed by atoms with Crippen molar-refractivity contribution in [2.45, 2.75) is 12.5 Å². The Balaban J connectivity index is 2.11. The van der Waals surface area contributed by atoms with Crippen LogP contribution in [0, 0.1) is 0 Å². The summed E-state index contributed by atoms with van der Waals surface area (Å²) in [4.78, 5) is 23.3. The minimum atomic E-state index is -1.10. The lowest BCUT2D eigenvalue weighted by Gasteiger charge is -2.14. The Bertz CT molecular complexity index is 711. The number of carbonyl (C=O) groups is 2. The molecule has 1 atom stereocenters. The van der Waals surface area contributed by atoms with Crippen molar-refractivity contribution in [2.75, 3.05) is 0 Å². The Labute approximate surface area is 143 Å². The van der Waals surface area contributed by atoms with Crippen molar-refractivity contribution in [3.05, 3.63) is 71.2 Å². The first kappa shape index (κ1) is 17.0. The highest BCUT2D eigenvalue weighted by molar-refractivity contribution is 9.11. The highest BCUT2D eigenvalue weighted by Crippen LogP contribution is 2.19. The van der Waals surface area contributed by atoms with Crippen LogP contribution >= 0.6 is 15.9 Å². The molecule has 2 aromatic carbocycles. The van der Waals surface area contributed by atoms with Gasteiger partial charge in [-0.05, 0) is 27.7 Å². The highest BCUT2D eigenvalue weighted by atomic mass is 79.9. The smallest absolute Gasteiger partial charge is 0.326 e. The van der Waals surface area contributed by atoms with Crippen molar-refractivity contribution >= 4 is 27.8 Å². The molecule has 0 aromatic heterocycles. The van der Waals surface area contributed by atoms with Gasteiger partial charge in [-0.25, -0.2) is 4.79 Å². The Kier molecular flexibility index (Phi) is 5.71. The Morgan fingerprint density at radius 3 is 2.13 bits per heavy atom. The molecule has 118 valence electrons. The van der Waals surface area contributed by atoms with E-state index in [1.807, 2.05) is 42.5 Å². The van der Waals surface area contributed by atoms with Crippen LogP contribution in [0.2, 0.25) is 0 Å². The first-order valence-electron chi connectivity index (χ1n) is 7.00. The van der Waals surface area contributed by atoms with E-state index in [1.54, 1.807) is 12.1 Å². The number of carbonyl (C=O) groups excluding carboxylic acids is 1. The van der Waals surface area contributed by atoms with Crippen molar-refractivity contribution in [1.82, 2.24) is 5.32 Å². The van der Waals surface area contributed by atoms with Gasteiger partial charge in [0.1, 0.15) is 6.04 Å². The molecule has 0 heterocycles. The van der Waals surface area contributed by atoms with Crippen molar-refractivity contribution in [1.29, 1.82) is 0 Å². The fourth-order valence-electron chi connectivity index (χ4n) is 2.11. The molecule has 0 spiro atoms. The summed E-state index contributed by atoms with van der Waals surface area (Å²) in [5.74, 6) is -1.52.